The Bertz CT molecular complexity index is 728. The minimum absolute atomic E-state index is 0.0145. The topological polar surface area (TPSA) is 49.3 Å². The summed E-state index contributed by atoms with van der Waals surface area (Å²) in [6.07, 6.45) is 3.48. The van der Waals surface area contributed by atoms with Crippen LogP contribution in [0.3, 0.4) is 0 Å². The first-order chi connectivity index (χ1) is 11.6. The molecular weight excluding hydrogens is 331 g/mol. The lowest BCUT2D eigenvalue weighted by atomic mass is 10.0. The fourth-order valence-corrected chi connectivity index (χ4v) is 3.06. The molecule has 1 aromatic carbocycles. The van der Waals surface area contributed by atoms with Gasteiger partial charge in [-0.2, -0.15) is 5.10 Å². The molecule has 3 rings (SSSR count). The van der Waals surface area contributed by atoms with Crippen LogP contribution in [-0.2, 0) is 0 Å². The normalized spacial score (nSPS) is 17.6. The second kappa shape index (κ2) is 7.13. The van der Waals surface area contributed by atoms with Crippen molar-refractivity contribution >= 4 is 23.3 Å². The Hall–Kier alpha value is -2.21. The van der Waals surface area contributed by atoms with Crippen molar-refractivity contribution in [2.75, 3.05) is 25.0 Å². The first kappa shape index (κ1) is 16.6. The summed E-state index contributed by atoms with van der Waals surface area (Å²) in [7, 11) is 1.75. The highest BCUT2D eigenvalue weighted by atomic mass is 35.5. The zero-order chi connectivity index (χ0) is 17.1. The lowest BCUT2D eigenvalue weighted by molar-refractivity contribution is 0.0716. The summed E-state index contributed by atoms with van der Waals surface area (Å²) in [5.74, 6) is 0.0119. The van der Waals surface area contributed by atoms with Gasteiger partial charge in [0.2, 0.25) is 0 Å². The van der Waals surface area contributed by atoms with Crippen molar-refractivity contribution in [2.24, 2.45) is 0 Å². The van der Waals surface area contributed by atoms with Crippen LogP contribution in [0.25, 0.3) is 0 Å². The van der Waals surface area contributed by atoms with Gasteiger partial charge in [-0.15, -0.1) is 5.10 Å². The van der Waals surface area contributed by atoms with Crippen molar-refractivity contribution in [3.05, 3.63) is 52.9 Å². The molecule has 2 aromatic rings. The number of halogens is 2. The number of amides is 1. The molecule has 24 heavy (non-hydrogen) atoms. The molecule has 1 saturated heterocycles. The van der Waals surface area contributed by atoms with Gasteiger partial charge in [0.05, 0.1) is 5.02 Å². The van der Waals surface area contributed by atoms with E-state index >= 15 is 0 Å². The Labute approximate surface area is 145 Å². The van der Waals surface area contributed by atoms with Crippen LogP contribution in [0.15, 0.2) is 36.5 Å². The predicted octanol–water partition coefficient (Wildman–Crippen LogP) is 3.01. The molecule has 0 radical (unpaired) electrons. The molecule has 1 aliphatic heterocycles. The van der Waals surface area contributed by atoms with E-state index in [-0.39, 0.29) is 17.0 Å². The zero-order valence-electron chi connectivity index (χ0n) is 13.3. The van der Waals surface area contributed by atoms with Crippen molar-refractivity contribution in [3.63, 3.8) is 0 Å². The summed E-state index contributed by atoms with van der Waals surface area (Å²) in [4.78, 5) is 16.4. The maximum absolute atomic E-state index is 13.6. The van der Waals surface area contributed by atoms with Gasteiger partial charge in [-0.25, -0.2) is 4.39 Å². The molecule has 0 aliphatic carbocycles. The molecule has 0 saturated carbocycles. The van der Waals surface area contributed by atoms with E-state index in [1.54, 1.807) is 24.2 Å². The number of aromatic nitrogens is 2. The van der Waals surface area contributed by atoms with Gasteiger partial charge in [-0.1, -0.05) is 11.6 Å². The van der Waals surface area contributed by atoms with Crippen molar-refractivity contribution < 1.29 is 9.18 Å². The van der Waals surface area contributed by atoms with E-state index in [0.29, 0.717) is 12.1 Å². The Morgan fingerprint density at radius 2 is 2.25 bits per heavy atom. The van der Waals surface area contributed by atoms with Crippen LogP contribution in [0.2, 0.25) is 5.02 Å². The van der Waals surface area contributed by atoms with Gasteiger partial charge in [-0.3, -0.25) is 4.79 Å². The van der Waals surface area contributed by atoms with E-state index < -0.39 is 5.82 Å². The van der Waals surface area contributed by atoms with Gasteiger partial charge >= 0.3 is 0 Å². The highest BCUT2D eigenvalue weighted by molar-refractivity contribution is 6.30. The maximum atomic E-state index is 13.6. The molecule has 1 fully saturated rings. The fourth-order valence-electron chi connectivity index (χ4n) is 2.94. The Balaban J connectivity index is 1.73. The molecule has 1 aromatic heterocycles. The standard InChI is InChI=1S/C17H18ClFN4O/c1-22(17(24)12-6-7-14(18)15(19)10-12)13-4-3-9-23(11-13)16-5-2-8-20-21-16/h2,5-8,10,13H,3-4,9,11H2,1H3. The van der Waals surface area contributed by atoms with Crippen LogP contribution in [0.1, 0.15) is 23.2 Å². The molecule has 1 unspecified atom stereocenters. The number of carbonyl (C=O) groups is 1. The van der Waals surface area contributed by atoms with E-state index in [0.717, 1.165) is 25.2 Å². The number of nitrogens with zero attached hydrogens (tertiary/aromatic N) is 4. The van der Waals surface area contributed by atoms with Crippen LogP contribution in [0.4, 0.5) is 10.2 Å². The van der Waals surface area contributed by atoms with Crippen molar-refractivity contribution in [1.82, 2.24) is 15.1 Å². The third kappa shape index (κ3) is 3.48. The third-order valence-corrected chi connectivity index (χ3v) is 4.62. The van der Waals surface area contributed by atoms with Crippen LogP contribution >= 0.6 is 11.6 Å². The van der Waals surface area contributed by atoms with E-state index in [1.807, 2.05) is 12.1 Å². The molecule has 1 aliphatic rings. The molecule has 1 amide bonds. The molecule has 1 atom stereocenters. The number of hydrogen-bond donors (Lipinski definition) is 0. The molecule has 0 spiro atoms. The van der Waals surface area contributed by atoms with Crippen LogP contribution in [-0.4, -0.2) is 47.2 Å². The highest BCUT2D eigenvalue weighted by Crippen LogP contribution is 2.22. The number of hydrogen-bond acceptors (Lipinski definition) is 4. The average Bonchev–Trinajstić information content (AvgIpc) is 2.63. The molecular formula is C17H18ClFN4O. The summed E-state index contributed by atoms with van der Waals surface area (Å²) in [6.45, 7) is 1.56. The zero-order valence-corrected chi connectivity index (χ0v) is 14.1. The number of benzene rings is 1. The molecule has 5 nitrogen and oxygen atoms in total. The van der Waals surface area contributed by atoms with Gasteiger partial charge < -0.3 is 9.80 Å². The SMILES string of the molecule is CN(C(=O)c1ccc(Cl)c(F)c1)C1CCCN(c2cccnn2)C1. The second-order valence-electron chi connectivity index (χ2n) is 5.87. The molecule has 0 bridgehead atoms. The number of piperidine rings is 1. The van der Waals surface area contributed by atoms with E-state index in [1.165, 1.54) is 12.1 Å². The Morgan fingerprint density at radius 3 is 2.96 bits per heavy atom. The molecule has 2 heterocycles. The number of carbonyl (C=O) groups excluding carboxylic acids is 1. The van der Waals surface area contributed by atoms with E-state index in [2.05, 4.69) is 15.1 Å². The summed E-state index contributed by atoms with van der Waals surface area (Å²) >= 11 is 5.68. The third-order valence-electron chi connectivity index (χ3n) is 4.31. The predicted molar refractivity (Wildman–Crippen MR) is 90.8 cm³/mol. The van der Waals surface area contributed by atoms with Gasteiger partial charge in [0.25, 0.3) is 5.91 Å². The van der Waals surface area contributed by atoms with Gasteiger partial charge in [-0.05, 0) is 43.2 Å². The molecule has 7 heteroatoms. The fraction of sp³-hybridized carbons (Fsp3) is 0.353. The number of rotatable bonds is 3. The maximum Gasteiger partial charge on any atom is 0.254 e. The largest absolute Gasteiger partial charge is 0.353 e. The first-order valence-electron chi connectivity index (χ1n) is 7.81. The summed E-state index contributed by atoms with van der Waals surface area (Å²) in [5, 5.41) is 8.05. The van der Waals surface area contributed by atoms with Crippen molar-refractivity contribution in [2.45, 2.75) is 18.9 Å². The average molecular weight is 349 g/mol. The smallest absolute Gasteiger partial charge is 0.254 e. The number of anilines is 1. The van der Waals surface area contributed by atoms with Gasteiger partial charge in [0.15, 0.2) is 5.82 Å². The Kier molecular flexibility index (Phi) is 4.94. The summed E-state index contributed by atoms with van der Waals surface area (Å²) in [5.41, 5.74) is 0.302. The van der Waals surface area contributed by atoms with Crippen LogP contribution in [0, 0.1) is 5.82 Å². The van der Waals surface area contributed by atoms with Gasteiger partial charge in [0.1, 0.15) is 5.82 Å². The van der Waals surface area contributed by atoms with Crippen molar-refractivity contribution in [3.8, 4) is 0 Å². The van der Waals surface area contributed by atoms with E-state index in [9.17, 15) is 9.18 Å². The lowest BCUT2D eigenvalue weighted by Gasteiger charge is -2.38. The molecule has 0 N–H and O–H groups in total. The van der Waals surface area contributed by atoms with Crippen LogP contribution in [0.5, 0.6) is 0 Å². The monoisotopic (exact) mass is 348 g/mol. The highest BCUT2D eigenvalue weighted by Gasteiger charge is 2.27. The van der Waals surface area contributed by atoms with Crippen molar-refractivity contribution in [1.29, 1.82) is 0 Å². The Morgan fingerprint density at radius 1 is 1.42 bits per heavy atom. The summed E-state index contributed by atoms with van der Waals surface area (Å²) < 4.78 is 13.6. The molecule has 126 valence electrons. The minimum Gasteiger partial charge on any atom is -0.353 e. The summed E-state index contributed by atoms with van der Waals surface area (Å²) in [6, 6.07) is 7.93. The van der Waals surface area contributed by atoms with Gasteiger partial charge in [0, 0.05) is 37.9 Å². The number of likely N-dealkylation sites (N-methyl/N-ethyl adjacent to an activating group) is 1. The van der Waals surface area contributed by atoms with E-state index in [4.69, 9.17) is 11.6 Å². The second-order valence-corrected chi connectivity index (χ2v) is 6.28. The minimum atomic E-state index is -0.583. The first-order valence-corrected chi connectivity index (χ1v) is 8.19. The lowest BCUT2D eigenvalue weighted by Crippen LogP contribution is -2.49. The quantitative estimate of drug-likeness (QED) is 0.855. The van der Waals surface area contributed by atoms with Crippen LogP contribution < -0.4 is 4.90 Å².